The largest absolute Gasteiger partial charge is 0.481 e. The van der Waals surface area contributed by atoms with E-state index in [9.17, 15) is 14.7 Å². The van der Waals surface area contributed by atoms with Gasteiger partial charge in [-0.05, 0) is 18.6 Å². The molecule has 0 aliphatic carbocycles. The van der Waals surface area contributed by atoms with Gasteiger partial charge < -0.3 is 30.3 Å². The maximum Gasteiger partial charge on any atom is 0.306 e. The molecule has 2 aromatic heterocycles. The highest BCUT2D eigenvalue weighted by Gasteiger charge is 2.47. The van der Waals surface area contributed by atoms with E-state index in [1.54, 1.807) is 7.11 Å². The SMILES string of the molecule is COc1nc(-c2cccc(-c3cccc(-c4ccc(CN5CC6(CCC(=O)N6)C5)c(OC)n4)c3Cl)c2Cl)ccc1CNC[C@@H](O)CC(=O)O. The molecule has 6 rings (SSSR count). The summed E-state index contributed by atoms with van der Waals surface area (Å²) in [5, 5.41) is 25.8. The normalized spacial score (nSPS) is 15.9. The third-order valence-corrected chi connectivity index (χ3v) is 9.71. The van der Waals surface area contributed by atoms with Crippen LogP contribution in [0.4, 0.5) is 0 Å². The zero-order valence-electron chi connectivity index (χ0n) is 27.1. The highest BCUT2D eigenvalue weighted by atomic mass is 35.5. The number of nitrogens with one attached hydrogen (secondary N) is 2. The molecule has 256 valence electrons. The van der Waals surface area contributed by atoms with E-state index in [1.807, 2.05) is 60.7 Å². The highest BCUT2D eigenvalue weighted by Crippen LogP contribution is 2.42. The summed E-state index contributed by atoms with van der Waals surface area (Å²) in [5.41, 5.74) is 5.72. The van der Waals surface area contributed by atoms with Crippen molar-refractivity contribution in [2.24, 2.45) is 0 Å². The van der Waals surface area contributed by atoms with Crippen LogP contribution in [0.2, 0.25) is 10.0 Å². The number of halogens is 2. The number of aliphatic hydroxyl groups excluding tert-OH is 1. The molecule has 0 saturated carbocycles. The molecule has 4 heterocycles. The number of aliphatic carboxylic acids is 1. The minimum Gasteiger partial charge on any atom is -0.481 e. The maximum atomic E-state index is 11.7. The van der Waals surface area contributed by atoms with Crippen LogP contribution in [0, 0.1) is 0 Å². The average Bonchev–Trinajstić information content (AvgIpc) is 3.46. The molecule has 2 fully saturated rings. The fraction of sp³-hybridized carbons (Fsp3) is 0.333. The van der Waals surface area contributed by atoms with Crippen molar-refractivity contribution < 1.29 is 29.3 Å². The molecule has 4 N–H and O–H groups in total. The van der Waals surface area contributed by atoms with Crippen LogP contribution in [-0.4, -0.2) is 82.5 Å². The number of hydrogen-bond donors (Lipinski definition) is 4. The second kappa shape index (κ2) is 14.7. The van der Waals surface area contributed by atoms with Gasteiger partial charge in [0.1, 0.15) is 0 Å². The number of benzene rings is 2. The van der Waals surface area contributed by atoms with E-state index in [2.05, 4.69) is 15.5 Å². The highest BCUT2D eigenvalue weighted by molar-refractivity contribution is 6.39. The maximum absolute atomic E-state index is 11.7. The molecule has 2 aliphatic rings. The number of carboxylic acids is 1. The molecule has 1 amide bonds. The summed E-state index contributed by atoms with van der Waals surface area (Å²) in [6, 6.07) is 19.0. The molecular weight excluding hydrogens is 669 g/mol. The lowest BCUT2D eigenvalue weighted by Crippen LogP contribution is -2.66. The van der Waals surface area contributed by atoms with E-state index in [1.165, 1.54) is 7.11 Å². The van der Waals surface area contributed by atoms with Crippen molar-refractivity contribution in [3.63, 3.8) is 0 Å². The Bertz CT molecular complexity index is 1880. The summed E-state index contributed by atoms with van der Waals surface area (Å²) in [4.78, 5) is 34.3. The minimum absolute atomic E-state index is 0.0931. The monoisotopic (exact) mass is 705 g/mol. The van der Waals surface area contributed by atoms with Crippen molar-refractivity contribution in [3.8, 4) is 45.4 Å². The Balaban J connectivity index is 1.21. The number of carbonyl (C=O) groups excluding carboxylic acids is 1. The number of ether oxygens (including phenoxy) is 2. The lowest BCUT2D eigenvalue weighted by atomic mass is 9.88. The van der Waals surface area contributed by atoms with Gasteiger partial charge in [-0.25, -0.2) is 9.97 Å². The van der Waals surface area contributed by atoms with Crippen molar-refractivity contribution in [2.75, 3.05) is 33.9 Å². The predicted octanol–water partition coefficient (Wildman–Crippen LogP) is 5.19. The summed E-state index contributed by atoms with van der Waals surface area (Å²) in [5.74, 6) is -0.0430. The van der Waals surface area contributed by atoms with Crippen LogP contribution in [0.1, 0.15) is 30.4 Å². The molecule has 0 unspecified atom stereocenters. The number of carbonyl (C=O) groups is 2. The summed E-state index contributed by atoms with van der Waals surface area (Å²) in [7, 11) is 3.12. The molecule has 11 nitrogen and oxygen atoms in total. The van der Waals surface area contributed by atoms with Gasteiger partial charge in [0.05, 0.1) is 53.7 Å². The Hall–Kier alpha value is -4.26. The topological polar surface area (TPSA) is 146 Å². The number of rotatable bonds is 13. The zero-order chi connectivity index (χ0) is 34.7. The van der Waals surface area contributed by atoms with Crippen molar-refractivity contribution in [3.05, 3.63) is 81.8 Å². The Morgan fingerprint density at radius 1 is 0.918 bits per heavy atom. The van der Waals surface area contributed by atoms with Gasteiger partial charge >= 0.3 is 5.97 Å². The summed E-state index contributed by atoms with van der Waals surface area (Å²) in [6.07, 6.45) is 0.112. The third kappa shape index (κ3) is 7.51. The van der Waals surface area contributed by atoms with Gasteiger partial charge in [-0.2, -0.15) is 0 Å². The Labute approximate surface area is 294 Å². The number of aromatic nitrogens is 2. The van der Waals surface area contributed by atoms with Crippen molar-refractivity contribution >= 4 is 35.1 Å². The van der Waals surface area contributed by atoms with E-state index in [-0.39, 0.29) is 24.4 Å². The van der Waals surface area contributed by atoms with Crippen molar-refractivity contribution in [1.29, 1.82) is 0 Å². The Kier molecular flexibility index (Phi) is 10.4. The first kappa shape index (κ1) is 34.6. The predicted molar refractivity (Wildman–Crippen MR) is 187 cm³/mol. The molecule has 1 spiro atoms. The summed E-state index contributed by atoms with van der Waals surface area (Å²) in [6.45, 7) is 2.71. The van der Waals surface area contributed by atoms with Gasteiger partial charge in [0.2, 0.25) is 17.7 Å². The standard InChI is InChI=1S/C36H37Cl2N5O6/c1-48-34-21(16-39-17-23(44)15-31(46)47)9-11-28(40-34)26-7-3-5-24(32(26)37)25-6-4-8-27(33(25)38)29-12-10-22(35(41-29)49-2)18-43-19-36(20-43)14-13-30(45)42-36/h3-12,23,39,44H,13-20H2,1-2H3,(H,42,45)(H,46,47)/t23-/m0/s1. The van der Waals surface area contributed by atoms with Gasteiger partial charge in [0, 0.05) is 72.5 Å². The minimum atomic E-state index is -1.06. The number of nitrogens with zero attached hydrogens (tertiary/aromatic N) is 3. The van der Waals surface area contributed by atoms with Crippen LogP contribution in [0.15, 0.2) is 60.7 Å². The number of likely N-dealkylation sites (tertiary alicyclic amines) is 1. The van der Waals surface area contributed by atoms with Gasteiger partial charge in [-0.3, -0.25) is 14.5 Å². The summed E-state index contributed by atoms with van der Waals surface area (Å²) < 4.78 is 11.2. The van der Waals surface area contributed by atoms with Crippen LogP contribution in [-0.2, 0) is 22.7 Å². The second-order valence-corrected chi connectivity index (χ2v) is 13.2. The molecule has 1 atom stereocenters. The van der Waals surface area contributed by atoms with Crippen molar-refractivity contribution in [2.45, 2.75) is 44.0 Å². The number of amides is 1. The molecule has 0 bridgehead atoms. The van der Waals surface area contributed by atoms with Gasteiger partial charge in [-0.1, -0.05) is 71.7 Å². The van der Waals surface area contributed by atoms with Crippen LogP contribution < -0.4 is 20.1 Å². The average molecular weight is 707 g/mol. The number of pyridine rings is 2. The molecule has 2 aliphatic heterocycles. The summed E-state index contributed by atoms with van der Waals surface area (Å²) >= 11 is 14.1. The van der Waals surface area contributed by atoms with Crippen LogP contribution in [0.25, 0.3) is 33.6 Å². The van der Waals surface area contributed by atoms with Gasteiger partial charge in [-0.15, -0.1) is 0 Å². The third-order valence-electron chi connectivity index (χ3n) is 8.89. The second-order valence-electron chi connectivity index (χ2n) is 12.4. The molecule has 13 heteroatoms. The Morgan fingerprint density at radius 3 is 2.00 bits per heavy atom. The smallest absolute Gasteiger partial charge is 0.306 e. The van der Waals surface area contributed by atoms with Gasteiger partial charge in [0.25, 0.3) is 0 Å². The van der Waals surface area contributed by atoms with Crippen LogP contribution >= 0.6 is 23.2 Å². The lowest BCUT2D eigenvalue weighted by molar-refractivity contribution is -0.139. The van der Waals surface area contributed by atoms with Crippen molar-refractivity contribution in [1.82, 2.24) is 25.5 Å². The first-order valence-corrected chi connectivity index (χ1v) is 16.6. The number of hydrogen-bond acceptors (Lipinski definition) is 9. The van der Waals surface area contributed by atoms with E-state index in [0.29, 0.717) is 58.3 Å². The van der Waals surface area contributed by atoms with Crippen LogP contribution in [0.5, 0.6) is 11.8 Å². The number of methoxy groups -OCH3 is 2. The van der Waals surface area contributed by atoms with Crippen LogP contribution in [0.3, 0.4) is 0 Å². The van der Waals surface area contributed by atoms with Gasteiger partial charge in [0.15, 0.2) is 0 Å². The Morgan fingerprint density at radius 2 is 1.47 bits per heavy atom. The zero-order valence-corrected chi connectivity index (χ0v) is 28.6. The quantitative estimate of drug-likeness (QED) is 0.147. The molecule has 2 saturated heterocycles. The van der Waals surface area contributed by atoms with E-state index in [0.717, 1.165) is 47.3 Å². The molecular formula is C36H37Cl2N5O6. The molecule has 4 aromatic rings. The fourth-order valence-corrected chi connectivity index (χ4v) is 7.19. The number of carboxylic acid groups (broad SMARTS) is 1. The van der Waals surface area contributed by atoms with E-state index < -0.39 is 12.1 Å². The molecule has 0 radical (unpaired) electrons. The van der Waals surface area contributed by atoms with E-state index >= 15 is 0 Å². The number of aliphatic hydroxyl groups is 1. The lowest BCUT2D eigenvalue weighted by Gasteiger charge is -2.48. The fourth-order valence-electron chi connectivity index (χ4n) is 6.54. The van der Waals surface area contributed by atoms with E-state index in [4.69, 9.17) is 47.8 Å². The molecule has 49 heavy (non-hydrogen) atoms. The first-order chi connectivity index (χ1) is 23.6. The first-order valence-electron chi connectivity index (χ1n) is 15.9. The molecule has 2 aromatic carbocycles.